The summed E-state index contributed by atoms with van der Waals surface area (Å²) in [6.07, 6.45) is 2.28. The number of rotatable bonds is 12. The number of ether oxygens (including phenoxy) is 1. The predicted octanol–water partition coefficient (Wildman–Crippen LogP) is 5.52. The Hall–Kier alpha value is -2.57. The van der Waals surface area contributed by atoms with Crippen molar-refractivity contribution in [2.24, 2.45) is 5.92 Å². The van der Waals surface area contributed by atoms with Gasteiger partial charge in [-0.2, -0.15) is 0 Å². The highest BCUT2D eigenvalue weighted by Gasteiger charge is 2.38. The number of aryl methyl sites for hydroxylation is 1. The van der Waals surface area contributed by atoms with Crippen molar-refractivity contribution >= 4 is 17.9 Å². The lowest BCUT2D eigenvalue weighted by atomic mass is 9.96. The summed E-state index contributed by atoms with van der Waals surface area (Å²) in [5, 5.41) is 5.80. The van der Waals surface area contributed by atoms with Crippen molar-refractivity contribution in [1.29, 1.82) is 0 Å². The Balaban J connectivity index is 3.45. The minimum Gasteiger partial charge on any atom is -0.444 e. The zero-order valence-electron chi connectivity index (χ0n) is 23.2. The molecule has 3 unspecified atom stereocenters. The molecule has 3 atom stereocenters. The van der Waals surface area contributed by atoms with Crippen molar-refractivity contribution in [2.45, 2.75) is 112 Å². The normalized spacial score (nSPS) is 14.1. The molecule has 1 rings (SSSR count). The molecule has 35 heavy (non-hydrogen) atoms. The van der Waals surface area contributed by atoms with E-state index < -0.39 is 23.8 Å². The lowest BCUT2D eigenvalue weighted by Crippen LogP contribution is -2.55. The minimum atomic E-state index is -0.810. The number of nitrogens with zero attached hydrogens (tertiary/aromatic N) is 1. The average molecular weight is 490 g/mol. The van der Waals surface area contributed by atoms with Crippen molar-refractivity contribution in [2.75, 3.05) is 6.54 Å². The van der Waals surface area contributed by atoms with E-state index >= 15 is 0 Å². The zero-order valence-corrected chi connectivity index (χ0v) is 23.2. The van der Waals surface area contributed by atoms with Crippen LogP contribution in [0.2, 0.25) is 0 Å². The second-order valence-electron chi connectivity index (χ2n) is 10.8. The summed E-state index contributed by atoms with van der Waals surface area (Å²) in [4.78, 5) is 41.8. The molecular formula is C28H47N3O4. The van der Waals surface area contributed by atoms with Crippen LogP contribution in [-0.2, 0) is 14.3 Å². The van der Waals surface area contributed by atoms with Gasteiger partial charge < -0.3 is 20.3 Å². The third-order valence-corrected chi connectivity index (χ3v) is 5.77. The summed E-state index contributed by atoms with van der Waals surface area (Å²) < 4.78 is 5.44. The SMILES string of the molecule is CCCCNC(=O)C(c1ccc(C)cc1)N(C(=O)C(CC(C)C)NC(=O)OC(C)(C)C)C(C)CC. The largest absolute Gasteiger partial charge is 0.444 e. The number of carbonyl (C=O) groups is 3. The second-order valence-corrected chi connectivity index (χ2v) is 10.8. The highest BCUT2D eigenvalue weighted by atomic mass is 16.6. The first-order valence-electron chi connectivity index (χ1n) is 13.0. The van der Waals surface area contributed by atoms with Crippen LogP contribution >= 0.6 is 0 Å². The number of unbranched alkanes of at least 4 members (excludes halogenated alkanes) is 1. The summed E-state index contributed by atoms with van der Waals surface area (Å²) in [6, 6.07) is 5.87. The molecule has 0 bridgehead atoms. The first-order valence-corrected chi connectivity index (χ1v) is 13.0. The number of amides is 3. The Morgan fingerprint density at radius 1 is 1.03 bits per heavy atom. The van der Waals surface area contributed by atoms with Crippen LogP contribution in [0.5, 0.6) is 0 Å². The fourth-order valence-electron chi connectivity index (χ4n) is 3.79. The van der Waals surface area contributed by atoms with Gasteiger partial charge in [0.25, 0.3) is 0 Å². The Morgan fingerprint density at radius 2 is 1.63 bits per heavy atom. The molecule has 0 aliphatic heterocycles. The van der Waals surface area contributed by atoms with Crippen LogP contribution in [-0.4, -0.2) is 47.0 Å². The predicted molar refractivity (Wildman–Crippen MR) is 141 cm³/mol. The average Bonchev–Trinajstić information content (AvgIpc) is 2.75. The van der Waals surface area contributed by atoms with E-state index in [2.05, 4.69) is 17.6 Å². The van der Waals surface area contributed by atoms with Crippen LogP contribution in [0.15, 0.2) is 24.3 Å². The number of alkyl carbamates (subject to hydrolysis) is 1. The van der Waals surface area contributed by atoms with Gasteiger partial charge in [0.1, 0.15) is 17.7 Å². The van der Waals surface area contributed by atoms with Gasteiger partial charge in [-0.05, 0) is 65.4 Å². The molecule has 0 aromatic heterocycles. The molecule has 0 aliphatic rings. The molecule has 198 valence electrons. The van der Waals surface area contributed by atoms with Crippen molar-refractivity contribution in [3.8, 4) is 0 Å². The maximum absolute atomic E-state index is 14.1. The van der Waals surface area contributed by atoms with Crippen LogP contribution in [0.4, 0.5) is 4.79 Å². The lowest BCUT2D eigenvalue weighted by Gasteiger charge is -2.38. The van der Waals surface area contributed by atoms with Crippen molar-refractivity contribution in [3.63, 3.8) is 0 Å². The van der Waals surface area contributed by atoms with Crippen molar-refractivity contribution < 1.29 is 19.1 Å². The van der Waals surface area contributed by atoms with Gasteiger partial charge in [-0.25, -0.2) is 4.79 Å². The summed E-state index contributed by atoms with van der Waals surface area (Å²) in [6.45, 7) is 17.9. The highest BCUT2D eigenvalue weighted by Crippen LogP contribution is 2.27. The van der Waals surface area contributed by atoms with Crippen LogP contribution in [0.25, 0.3) is 0 Å². The van der Waals surface area contributed by atoms with E-state index in [0.717, 1.165) is 24.0 Å². The Morgan fingerprint density at radius 3 is 2.11 bits per heavy atom. The molecule has 7 nitrogen and oxygen atoms in total. The van der Waals surface area contributed by atoms with E-state index in [4.69, 9.17) is 4.74 Å². The standard InChI is InChI=1S/C28H47N3O4/c1-10-12-17-29-25(32)24(22-15-13-20(5)14-16-22)31(21(6)11-2)26(33)23(18-19(3)4)30-27(34)35-28(7,8)9/h13-16,19,21,23-24H,10-12,17-18H2,1-9H3,(H,29,32)(H,30,34). The number of carbonyl (C=O) groups excluding carboxylic acids is 3. The lowest BCUT2D eigenvalue weighted by molar-refractivity contribution is -0.145. The minimum absolute atomic E-state index is 0.147. The maximum Gasteiger partial charge on any atom is 0.408 e. The number of benzene rings is 1. The summed E-state index contributed by atoms with van der Waals surface area (Å²) in [5.74, 6) is -0.347. The Labute approximate surface area is 212 Å². The van der Waals surface area contributed by atoms with Gasteiger partial charge in [0.15, 0.2) is 0 Å². The van der Waals surface area contributed by atoms with Crippen molar-refractivity contribution in [1.82, 2.24) is 15.5 Å². The van der Waals surface area contributed by atoms with Crippen LogP contribution in [0, 0.1) is 12.8 Å². The monoisotopic (exact) mass is 489 g/mol. The van der Waals surface area contributed by atoms with Gasteiger partial charge >= 0.3 is 6.09 Å². The van der Waals surface area contributed by atoms with Gasteiger partial charge in [0.2, 0.25) is 11.8 Å². The molecule has 0 heterocycles. The molecule has 2 N–H and O–H groups in total. The van der Waals surface area contributed by atoms with Gasteiger partial charge in [-0.3, -0.25) is 9.59 Å². The number of hydrogen-bond donors (Lipinski definition) is 2. The van der Waals surface area contributed by atoms with E-state index in [1.165, 1.54) is 0 Å². The molecule has 3 amide bonds. The molecule has 0 radical (unpaired) electrons. The molecule has 1 aromatic carbocycles. The molecule has 7 heteroatoms. The number of nitrogens with one attached hydrogen (secondary N) is 2. The fraction of sp³-hybridized carbons (Fsp3) is 0.679. The highest BCUT2D eigenvalue weighted by molar-refractivity contribution is 5.92. The third-order valence-electron chi connectivity index (χ3n) is 5.77. The van der Waals surface area contributed by atoms with Gasteiger partial charge in [0.05, 0.1) is 0 Å². The van der Waals surface area contributed by atoms with E-state index in [0.29, 0.717) is 19.4 Å². The quantitative estimate of drug-likeness (QED) is 0.379. The number of hydrogen-bond acceptors (Lipinski definition) is 4. The van der Waals surface area contributed by atoms with E-state index in [1.807, 2.05) is 58.9 Å². The summed E-state index contributed by atoms with van der Waals surface area (Å²) >= 11 is 0. The second kappa shape index (κ2) is 14.1. The summed E-state index contributed by atoms with van der Waals surface area (Å²) in [5.41, 5.74) is 1.14. The topological polar surface area (TPSA) is 87.7 Å². The molecule has 0 fully saturated rings. The smallest absolute Gasteiger partial charge is 0.408 e. The van der Waals surface area contributed by atoms with Gasteiger partial charge in [-0.15, -0.1) is 0 Å². The van der Waals surface area contributed by atoms with Crippen LogP contribution in [0.3, 0.4) is 0 Å². The molecule has 0 saturated carbocycles. The van der Waals surface area contributed by atoms with Crippen LogP contribution < -0.4 is 10.6 Å². The van der Waals surface area contributed by atoms with E-state index in [1.54, 1.807) is 25.7 Å². The van der Waals surface area contributed by atoms with E-state index in [-0.39, 0.29) is 23.8 Å². The van der Waals surface area contributed by atoms with Gasteiger partial charge in [-0.1, -0.05) is 63.9 Å². The Bertz CT molecular complexity index is 814. The van der Waals surface area contributed by atoms with E-state index in [9.17, 15) is 14.4 Å². The molecular weight excluding hydrogens is 442 g/mol. The van der Waals surface area contributed by atoms with Crippen LogP contribution in [0.1, 0.15) is 98.2 Å². The first-order chi connectivity index (χ1) is 16.3. The maximum atomic E-state index is 14.1. The molecule has 0 aliphatic carbocycles. The van der Waals surface area contributed by atoms with Crippen molar-refractivity contribution in [3.05, 3.63) is 35.4 Å². The summed E-state index contributed by atoms with van der Waals surface area (Å²) in [7, 11) is 0. The molecule has 0 saturated heterocycles. The molecule has 0 spiro atoms. The Kier molecular flexibility index (Phi) is 12.3. The van der Waals surface area contributed by atoms with Gasteiger partial charge in [0, 0.05) is 12.6 Å². The fourth-order valence-corrected chi connectivity index (χ4v) is 3.79. The third kappa shape index (κ3) is 10.3. The zero-order chi connectivity index (χ0) is 26.8. The molecule has 1 aromatic rings. The first kappa shape index (κ1) is 30.5.